The molecule has 0 atom stereocenters. The molecule has 0 aromatic heterocycles. The van der Waals surface area contributed by atoms with Crippen molar-refractivity contribution in [3.63, 3.8) is 0 Å². The number of methoxy groups -OCH3 is 1. The average Bonchev–Trinajstić information content (AvgIpc) is 2.37. The van der Waals surface area contributed by atoms with Gasteiger partial charge < -0.3 is 15.0 Å². The fraction of sp³-hybridized carbons (Fsp3) is 0.562. The summed E-state index contributed by atoms with van der Waals surface area (Å²) in [5.74, 6) is 1.42. The maximum atomic E-state index is 12.5. The molecule has 2 amide bonds. The molecule has 0 fully saturated rings. The Morgan fingerprint density at radius 3 is 2.29 bits per heavy atom. The number of benzene rings is 1. The van der Waals surface area contributed by atoms with Crippen LogP contribution in [0.25, 0.3) is 0 Å². The minimum Gasteiger partial charge on any atom is -0.495 e. The maximum absolute atomic E-state index is 12.5. The molecule has 1 rings (SSSR count). The van der Waals surface area contributed by atoms with Crippen LogP contribution in [0.3, 0.4) is 0 Å². The first-order valence-electron chi connectivity index (χ1n) is 7.23. The van der Waals surface area contributed by atoms with Gasteiger partial charge in [0.15, 0.2) is 0 Å². The molecule has 0 aliphatic carbocycles. The molecule has 118 valence electrons. The second-order valence-corrected chi connectivity index (χ2v) is 6.40. The number of ether oxygens (including phenoxy) is 1. The standard InChI is InChI=1S/C16H25ClN2O2/c1-11(2)9-19(10-12(3)4)16(20)18-14-8-13(17)6-7-15(14)21-5/h6-8,11-12H,9-10H2,1-5H3,(H,18,20). The van der Waals surface area contributed by atoms with Crippen molar-refractivity contribution in [1.82, 2.24) is 4.90 Å². The summed E-state index contributed by atoms with van der Waals surface area (Å²) in [6.07, 6.45) is 0. The topological polar surface area (TPSA) is 41.6 Å². The largest absolute Gasteiger partial charge is 0.495 e. The van der Waals surface area contributed by atoms with E-state index < -0.39 is 0 Å². The zero-order valence-corrected chi connectivity index (χ0v) is 14.2. The summed E-state index contributed by atoms with van der Waals surface area (Å²) in [5.41, 5.74) is 0.590. The van der Waals surface area contributed by atoms with E-state index in [0.29, 0.717) is 41.4 Å². The maximum Gasteiger partial charge on any atom is 0.321 e. The minimum atomic E-state index is -0.127. The van der Waals surface area contributed by atoms with Crippen LogP contribution in [0.1, 0.15) is 27.7 Å². The highest BCUT2D eigenvalue weighted by Crippen LogP contribution is 2.28. The van der Waals surface area contributed by atoms with Crippen molar-refractivity contribution < 1.29 is 9.53 Å². The Labute approximate surface area is 132 Å². The van der Waals surface area contributed by atoms with Crippen molar-refractivity contribution in [2.45, 2.75) is 27.7 Å². The Kier molecular flexibility index (Phi) is 6.82. The molecular weight excluding hydrogens is 288 g/mol. The van der Waals surface area contributed by atoms with Gasteiger partial charge in [-0.1, -0.05) is 39.3 Å². The molecule has 0 saturated heterocycles. The van der Waals surface area contributed by atoms with Crippen LogP contribution in [0.2, 0.25) is 5.02 Å². The Hall–Kier alpha value is -1.42. The summed E-state index contributed by atoms with van der Waals surface area (Å²) in [6, 6.07) is 5.04. The van der Waals surface area contributed by atoms with Gasteiger partial charge in [-0.3, -0.25) is 0 Å². The summed E-state index contributed by atoms with van der Waals surface area (Å²) in [4.78, 5) is 14.3. The van der Waals surface area contributed by atoms with E-state index >= 15 is 0 Å². The van der Waals surface area contributed by atoms with Crippen molar-refractivity contribution in [2.24, 2.45) is 11.8 Å². The fourth-order valence-corrected chi connectivity index (χ4v) is 2.27. The molecule has 0 spiro atoms. The third kappa shape index (κ3) is 5.84. The van der Waals surface area contributed by atoms with E-state index in [0.717, 1.165) is 0 Å². The van der Waals surface area contributed by atoms with E-state index in [4.69, 9.17) is 16.3 Å². The van der Waals surface area contributed by atoms with Gasteiger partial charge in [0.25, 0.3) is 0 Å². The third-order valence-electron chi connectivity index (χ3n) is 2.86. The lowest BCUT2D eigenvalue weighted by atomic mass is 10.1. The van der Waals surface area contributed by atoms with Crippen molar-refractivity contribution in [1.29, 1.82) is 0 Å². The van der Waals surface area contributed by atoms with Gasteiger partial charge in [0.1, 0.15) is 5.75 Å². The highest BCUT2D eigenvalue weighted by atomic mass is 35.5. The summed E-state index contributed by atoms with van der Waals surface area (Å²) in [6.45, 7) is 9.82. The molecular formula is C16H25ClN2O2. The van der Waals surface area contributed by atoms with Gasteiger partial charge >= 0.3 is 6.03 Å². The first kappa shape index (κ1) is 17.6. The monoisotopic (exact) mass is 312 g/mol. The van der Waals surface area contributed by atoms with Crippen LogP contribution in [0, 0.1) is 11.8 Å². The molecule has 1 aromatic rings. The zero-order valence-electron chi connectivity index (χ0n) is 13.4. The number of nitrogens with one attached hydrogen (secondary N) is 1. The smallest absolute Gasteiger partial charge is 0.321 e. The SMILES string of the molecule is COc1ccc(Cl)cc1NC(=O)N(CC(C)C)CC(C)C. The Bertz CT molecular complexity index is 465. The minimum absolute atomic E-state index is 0.127. The van der Waals surface area contributed by atoms with Crippen LogP contribution in [0.15, 0.2) is 18.2 Å². The number of carbonyl (C=O) groups excluding carboxylic acids is 1. The van der Waals surface area contributed by atoms with Gasteiger partial charge in [-0.05, 0) is 30.0 Å². The fourth-order valence-electron chi connectivity index (χ4n) is 2.09. The van der Waals surface area contributed by atoms with Crippen LogP contribution < -0.4 is 10.1 Å². The summed E-state index contributed by atoms with van der Waals surface area (Å²) in [7, 11) is 1.57. The highest BCUT2D eigenvalue weighted by molar-refractivity contribution is 6.31. The molecule has 0 saturated carbocycles. The number of halogens is 1. The highest BCUT2D eigenvalue weighted by Gasteiger charge is 2.17. The molecule has 4 nitrogen and oxygen atoms in total. The zero-order chi connectivity index (χ0) is 16.0. The molecule has 1 N–H and O–H groups in total. The summed E-state index contributed by atoms with van der Waals surface area (Å²) in [5, 5.41) is 3.45. The van der Waals surface area contributed by atoms with Gasteiger partial charge in [0.05, 0.1) is 12.8 Å². The van der Waals surface area contributed by atoms with Crippen LogP contribution in [-0.4, -0.2) is 31.1 Å². The van der Waals surface area contributed by atoms with Crippen LogP contribution in [-0.2, 0) is 0 Å². The third-order valence-corrected chi connectivity index (χ3v) is 3.10. The number of nitrogens with zero attached hydrogens (tertiary/aromatic N) is 1. The molecule has 0 bridgehead atoms. The van der Waals surface area contributed by atoms with Crippen molar-refractivity contribution in [3.05, 3.63) is 23.2 Å². The van der Waals surface area contributed by atoms with E-state index in [1.807, 2.05) is 4.90 Å². The second kappa shape index (κ2) is 8.13. The van der Waals surface area contributed by atoms with Crippen molar-refractivity contribution in [3.8, 4) is 5.75 Å². The van der Waals surface area contributed by atoms with Crippen LogP contribution in [0.5, 0.6) is 5.75 Å². The summed E-state index contributed by atoms with van der Waals surface area (Å²) < 4.78 is 5.25. The van der Waals surface area contributed by atoms with E-state index in [1.165, 1.54) is 0 Å². The van der Waals surface area contributed by atoms with Crippen LogP contribution in [0.4, 0.5) is 10.5 Å². The normalized spacial score (nSPS) is 10.9. The first-order valence-corrected chi connectivity index (χ1v) is 7.60. The summed E-state index contributed by atoms with van der Waals surface area (Å²) >= 11 is 5.99. The Balaban J connectivity index is 2.87. The lowest BCUT2D eigenvalue weighted by Gasteiger charge is -2.27. The van der Waals surface area contributed by atoms with E-state index in [1.54, 1.807) is 25.3 Å². The van der Waals surface area contributed by atoms with Gasteiger partial charge in [-0.15, -0.1) is 0 Å². The van der Waals surface area contributed by atoms with Gasteiger partial charge in [-0.2, -0.15) is 0 Å². The number of anilines is 1. The lowest BCUT2D eigenvalue weighted by molar-refractivity contribution is 0.196. The predicted octanol–water partition coefficient (Wildman–Crippen LogP) is 4.49. The molecule has 1 aromatic carbocycles. The van der Waals surface area contributed by atoms with Gasteiger partial charge in [0.2, 0.25) is 0 Å². The number of carbonyl (C=O) groups is 1. The molecule has 0 aliphatic heterocycles. The molecule has 21 heavy (non-hydrogen) atoms. The number of hydrogen-bond donors (Lipinski definition) is 1. The van der Waals surface area contributed by atoms with Crippen molar-refractivity contribution >= 4 is 23.3 Å². The predicted molar refractivity (Wildman–Crippen MR) is 88.3 cm³/mol. The Morgan fingerprint density at radius 1 is 1.24 bits per heavy atom. The lowest BCUT2D eigenvalue weighted by Crippen LogP contribution is -2.40. The molecule has 0 aliphatic rings. The van der Waals surface area contributed by atoms with Crippen LogP contribution >= 0.6 is 11.6 Å². The van der Waals surface area contributed by atoms with E-state index in [2.05, 4.69) is 33.0 Å². The van der Waals surface area contributed by atoms with E-state index in [9.17, 15) is 4.79 Å². The molecule has 0 unspecified atom stereocenters. The molecule has 5 heteroatoms. The van der Waals surface area contributed by atoms with E-state index in [-0.39, 0.29) is 6.03 Å². The molecule has 0 radical (unpaired) electrons. The van der Waals surface area contributed by atoms with Crippen molar-refractivity contribution in [2.75, 3.05) is 25.5 Å². The number of urea groups is 1. The average molecular weight is 313 g/mol. The second-order valence-electron chi connectivity index (χ2n) is 5.97. The first-order chi connectivity index (χ1) is 9.83. The molecule has 0 heterocycles. The van der Waals surface area contributed by atoms with Gasteiger partial charge in [-0.25, -0.2) is 4.79 Å². The quantitative estimate of drug-likeness (QED) is 0.840. The number of hydrogen-bond acceptors (Lipinski definition) is 2. The van der Waals surface area contributed by atoms with Gasteiger partial charge in [0, 0.05) is 18.1 Å². The Morgan fingerprint density at radius 2 is 1.81 bits per heavy atom. The number of rotatable bonds is 6. The number of amides is 2.